The van der Waals surface area contributed by atoms with Crippen molar-refractivity contribution in [3.8, 4) is 0 Å². The number of hydrogen-bond acceptors (Lipinski definition) is 2. The van der Waals surface area contributed by atoms with Gasteiger partial charge in [-0.2, -0.15) is 0 Å². The average Bonchev–Trinajstić information content (AvgIpc) is 2.43. The normalized spacial score (nSPS) is 10.5. The van der Waals surface area contributed by atoms with Gasteiger partial charge in [0, 0.05) is 24.3 Å². The van der Waals surface area contributed by atoms with Crippen molar-refractivity contribution >= 4 is 34.7 Å². The largest absolute Gasteiger partial charge is 0.325 e. The number of anilines is 2. The van der Waals surface area contributed by atoms with Gasteiger partial charge in [-0.25, -0.2) is 9.37 Å². The van der Waals surface area contributed by atoms with Gasteiger partial charge in [-0.3, -0.25) is 0 Å². The fourth-order valence-electron chi connectivity index (χ4n) is 1.82. The minimum absolute atomic E-state index is 0.267. The van der Waals surface area contributed by atoms with Crippen LogP contribution >= 0.6 is 23.2 Å². The molecule has 0 amide bonds. The number of pyridine rings is 1. The van der Waals surface area contributed by atoms with Crippen molar-refractivity contribution in [1.82, 2.24) is 4.98 Å². The Morgan fingerprint density at radius 1 is 1.26 bits per heavy atom. The van der Waals surface area contributed by atoms with Crippen LogP contribution in [-0.4, -0.2) is 11.5 Å². The maximum Gasteiger partial charge on any atom is 0.151 e. The highest BCUT2D eigenvalue weighted by Crippen LogP contribution is 2.30. The van der Waals surface area contributed by atoms with E-state index in [9.17, 15) is 4.39 Å². The Kier molecular flexibility index (Phi) is 4.61. The summed E-state index contributed by atoms with van der Waals surface area (Å²) in [4.78, 5) is 6.25. The summed E-state index contributed by atoms with van der Waals surface area (Å²) < 4.78 is 13.0. The minimum atomic E-state index is -0.267. The Bertz CT molecular complexity index is 558. The fraction of sp³-hybridized carbons (Fsp3) is 0.214. The van der Waals surface area contributed by atoms with Crippen molar-refractivity contribution in [2.75, 3.05) is 11.4 Å². The highest BCUT2D eigenvalue weighted by Gasteiger charge is 2.13. The maximum atomic E-state index is 13.0. The van der Waals surface area contributed by atoms with E-state index in [2.05, 4.69) is 4.98 Å². The first-order valence-electron chi connectivity index (χ1n) is 5.89. The second kappa shape index (κ2) is 6.22. The summed E-state index contributed by atoms with van der Waals surface area (Å²) in [6.45, 7) is 2.66. The molecule has 1 aromatic heterocycles. The standard InChI is InChI=1S/C14H13Cl2FN2/c1-2-19(12-5-3-11(17)4-6-12)14-13(16)7-10(8-15)9-18-14/h3-7,9H,2,8H2,1H3. The second-order valence-electron chi connectivity index (χ2n) is 4.00. The molecule has 0 aliphatic heterocycles. The van der Waals surface area contributed by atoms with Crippen molar-refractivity contribution < 1.29 is 4.39 Å². The number of hydrogen-bond donors (Lipinski definition) is 0. The van der Waals surface area contributed by atoms with Crippen LogP contribution in [0.2, 0.25) is 5.02 Å². The average molecular weight is 299 g/mol. The van der Waals surface area contributed by atoms with E-state index in [1.807, 2.05) is 11.8 Å². The molecule has 0 aliphatic rings. The zero-order valence-corrected chi connectivity index (χ0v) is 11.9. The van der Waals surface area contributed by atoms with Crippen LogP contribution in [0.5, 0.6) is 0 Å². The number of aromatic nitrogens is 1. The molecule has 0 spiro atoms. The van der Waals surface area contributed by atoms with Crippen LogP contribution < -0.4 is 4.90 Å². The molecule has 100 valence electrons. The third kappa shape index (κ3) is 3.17. The van der Waals surface area contributed by atoms with Crippen LogP contribution in [0.3, 0.4) is 0 Å². The first-order chi connectivity index (χ1) is 9.15. The monoisotopic (exact) mass is 298 g/mol. The van der Waals surface area contributed by atoms with Crippen LogP contribution in [0, 0.1) is 5.82 Å². The van der Waals surface area contributed by atoms with Crippen LogP contribution in [0.4, 0.5) is 15.9 Å². The molecule has 0 aliphatic carbocycles. The van der Waals surface area contributed by atoms with Crippen molar-refractivity contribution in [2.45, 2.75) is 12.8 Å². The molecular formula is C14H13Cl2FN2. The highest BCUT2D eigenvalue weighted by atomic mass is 35.5. The lowest BCUT2D eigenvalue weighted by atomic mass is 10.2. The lowest BCUT2D eigenvalue weighted by Crippen LogP contribution is -2.17. The summed E-state index contributed by atoms with van der Waals surface area (Å²) in [7, 11) is 0. The molecule has 2 nitrogen and oxygen atoms in total. The van der Waals surface area contributed by atoms with Gasteiger partial charge >= 0.3 is 0 Å². The van der Waals surface area contributed by atoms with Gasteiger partial charge in [-0.15, -0.1) is 11.6 Å². The van der Waals surface area contributed by atoms with Gasteiger partial charge in [0.05, 0.1) is 5.02 Å². The van der Waals surface area contributed by atoms with Gasteiger partial charge in [0.2, 0.25) is 0 Å². The predicted octanol–water partition coefficient (Wildman–Crippen LogP) is 4.77. The van der Waals surface area contributed by atoms with Crippen molar-refractivity contribution in [3.05, 3.63) is 52.9 Å². The van der Waals surface area contributed by atoms with E-state index in [4.69, 9.17) is 23.2 Å². The van der Waals surface area contributed by atoms with Crippen LogP contribution in [0.25, 0.3) is 0 Å². The summed E-state index contributed by atoms with van der Waals surface area (Å²) in [5.41, 5.74) is 1.71. The molecule has 0 saturated heterocycles. The Morgan fingerprint density at radius 3 is 2.47 bits per heavy atom. The van der Waals surface area contributed by atoms with Crippen LogP contribution in [-0.2, 0) is 5.88 Å². The Labute approximate surface area is 121 Å². The summed E-state index contributed by atoms with van der Waals surface area (Å²) in [5, 5.41) is 0.532. The molecular weight excluding hydrogens is 286 g/mol. The fourth-order valence-corrected chi connectivity index (χ4v) is 2.25. The van der Waals surface area contributed by atoms with Gasteiger partial charge in [-0.1, -0.05) is 11.6 Å². The maximum absolute atomic E-state index is 13.0. The molecule has 2 rings (SSSR count). The van der Waals surface area contributed by atoms with Crippen LogP contribution in [0.1, 0.15) is 12.5 Å². The van der Waals surface area contributed by atoms with E-state index in [0.717, 1.165) is 11.3 Å². The topological polar surface area (TPSA) is 16.1 Å². The Hall–Kier alpha value is -1.32. The lowest BCUT2D eigenvalue weighted by Gasteiger charge is -2.23. The van der Waals surface area contributed by atoms with Gasteiger partial charge in [-0.05, 0) is 42.8 Å². The Morgan fingerprint density at radius 2 is 1.95 bits per heavy atom. The predicted molar refractivity (Wildman–Crippen MR) is 77.9 cm³/mol. The minimum Gasteiger partial charge on any atom is -0.325 e. The number of halogens is 3. The molecule has 5 heteroatoms. The van der Waals surface area contributed by atoms with Crippen molar-refractivity contribution in [1.29, 1.82) is 0 Å². The van der Waals surface area contributed by atoms with Gasteiger partial charge in [0.25, 0.3) is 0 Å². The molecule has 0 atom stereocenters. The van der Waals surface area contributed by atoms with Gasteiger partial charge in [0.1, 0.15) is 5.82 Å². The zero-order chi connectivity index (χ0) is 13.8. The quantitative estimate of drug-likeness (QED) is 0.756. The smallest absolute Gasteiger partial charge is 0.151 e. The zero-order valence-electron chi connectivity index (χ0n) is 10.4. The number of rotatable bonds is 4. The summed E-state index contributed by atoms with van der Waals surface area (Å²) in [6, 6.07) is 8.03. The molecule has 0 N–H and O–H groups in total. The van der Waals surface area contributed by atoms with Crippen molar-refractivity contribution in [3.63, 3.8) is 0 Å². The van der Waals surface area contributed by atoms with Gasteiger partial charge in [0.15, 0.2) is 5.82 Å². The second-order valence-corrected chi connectivity index (χ2v) is 4.68. The molecule has 0 fully saturated rings. The summed E-state index contributed by atoms with van der Waals surface area (Å²) in [6.07, 6.45) is 1.69. The third-order valence-electron chi connectivity index (χ3n) is 2.74. The molecule has 19 heavy (non-hydrogen) atoms. The van der Waals surface area contributed by atoms with Crippen molar-refractivity contribution in [2.24, 2.45) is 0 Å². The molecule has 0 saturated carbocycles. The molecule has 0 radical (unpaired) electrons. The summed E-state index contributed by atoms with van der Waals surface area (Å²) in [5.74, 6) is 0.747. The van der Waals surface area contributed by atoms with E-state index in [1.54, 1.807) is 24.4 Å². The molecule has 2 aromatic rings. The SMILES string of the molecule is CCN(c1ccc(F)cc1)c1ncc(CCl)cc1Cl. The van der Waals surface area contributed by atoms with E-state index >= 15 is 0 Å². The number of alkyl halides is 1. The molecule has 1 heterocycles. The Balaban J connectivity index is 2.39. The molecule has 0 bridgehead atoms. The molecule has 1 aromatic carbocycles. The lowest BCUT2D eigenvalue weighted by molar-refractivity contribution is 0.628. The third-order valence-corrected chi connectivity index (χ3v) is 3.33. The summed E-state index contributed by atoms with van der Waals surface area (Å²) >= 11 is 12.0. The van der Waals surface area contributed by atoms with Crippen LogP contribution in [0.15, 0.2) is 36.5 Å². The van der Waals surface area contributed by atoms with E-state index in [1.165, 1.54) is 12.1 Å². The first kappa shape index (κ1) is 14.1. The highest BCUT2D eigenvalue weighted by molar-refractivity contribution is 6.33. The van der Waals surface area contributed by atoms with Gasteiger partial charge < -0.3 is 4.90 Å². The van der Waals surface area contributed by atoms with E-state index in [-0.39, 0.29) is 5.82 Å². The molecule has 0 unspecified atom stereocenters. The van der Waals surface area contributed by atoms with E-state index < -0.39 is 0 Å². The first-order valence-corrected chi connectivity index (χ1v) is 6.80. The van der Waals surface area contributed by atoms with E-state index in [0.29, 0.717) is 23.3 Å². The number of nitrogens with zero attached hydrogens (tertiary/aromatic N) is 2. The number of benzene rings is 1.